The van der Waals surface area contributed by atoms with Crippen molar-refractivity contribution < 1.29 is 17.6 Å². The van der Waals surface area contributed by atoms with Crippen LogP contribution >= 0.6 is 0 Å². The maximum absolute atomic E-state index is 12.9. The fourth-order valence-corrected chi connectivity index (χ4v) is 4.40. The fraction of sp³-hybridized carbons (Fsp3) is 0.471. The Morgan fingerprint density at radius 2 is 2.00 bits per heavy atom. The molecule has 2 rings (SSSR count). The average molecular weight is 339 g/mol. The Hall–Kier alpha value is -1.69. The molecular formula is C17H22FNO3S. The molecule has 1 saturated heterocycles. The van der Waals surface area contributed by atoms with Gasteiger partial charge in [0.15, 0.2) is 9.84 Å². The van der Waals surface area contributed by atoms with Crippen LogP contribution in [0, 0.1) is 11.7 Å². The minimum atomic E-state index is -3.04. The minimum absolute atomic E-state index is 0.0375. The molecule has 1 fully saturated rings. The van der Waals surface area contributed by atoms with Crippen LogP contribution in [0.3, 0.4) is 0 Å². The van der Waals surface area contributed by atoms with E-state index < -0.39 is 9.84 Å². The summed E-state index contributed by atoms with van der Waals surface area (Å²) in [4.78, 5) is 14.1. The molecule has 1 atom stereocenters. The molecular weight excluding hydrogens is 317 g/mol. The second-order valence-electron chi connectivity index (χ2n) is 6.33. The Bertz CT molecular complexity index is 680. The number of hydrogen-bond donors (Lipinski definition) is 0. The van der Waals surface area contributed by atoms with Crippen LogP contribution in [0.25, 0.3) is 6.08 Å². The second kappa shape index (κ2) is 7.25. The second-order valence-corrected chi connectivity index (χ2v) is 8.55. The van der Waals surface area contributed by atoms with Crippen LogP contribution < -0.4 is 0 Å². The van der Waals surface area contributed by atoms with E-state index in [1.165, 1.54) is 18.2 Å². The molecule has 6 heteroatoms. The van der Waals surface area contributed by atoms with E-state index in [-0.39, 0.29) is 35.2 Å². The molecule has 1 amide bonds. The van der Waals surface area contributed by atoms with E-state index in [0.717, 1.165) is 5.56 Å². The van der Waals surface area contributed by atoms with Crippen molar-refractivity contribution in [1.82, 2.24) is 4.90 Å². The lowest BCUT2D eigenvalue weighted by Gasteiger charge is -2.28. The number of nitrogens with zero attached hydrogens (tertiary/aromatic N) is 1. The summed E-state index contributed by atoms with van der Waals surface area (Å²) in [6.07, 6.45) is 3.55. The molecule has 1 heterocycles. The molecule has 1 unspecified atom stereocenters. The first-order valence-electron chi connectivity index (χ1n) is 7.71. The van der Waals surface area contributed by atoms with Crippen molar-refractivity contribution in [3.05, 3.63) is 41.7 Å². The van der Waals surface area contributed by atoms with Gasteiger partial charge in [-0.1, -0.05) is 26.0 Å². The van der Waals surface area contributed by atoms with E-state index in [4.69, 9.17) is 0 Å². The van der Waals surface area contributed by atoms with Gasteiger partial charge in [0.05, 0.1) is 11.5 Å². The molecule has 0 aromatic heterocycles. The Labute approximate surface area is 136 Å². The Morgan fingerprint density at radius 3 is 2.52 bits per heavy atom. The predicted molar refractivity (Wildman–Crippen MR) is 89.0 cm³/mol. The molecule has 0 N–H and O–H groups in total. The lowest BCUT2D eigenvalue weighted by Crippen LogP contribution is -2.42. The number of benzene rings is 1. The zero-order valence-corrected chi connectivity index (χ0v) is 14.2. The van der Waals surface area contributed by atoms with E-state index in [2.05, 4.69) is 0 Å². The topological polar surface area (TPSA) is 54.5 Å². The molecule has 1 aromatic rings. The molecule has 0 aliphatic carbocycles. The van der Waals surface area contributed by atoms with Crippen molar-refractivity contribution in [2.24, 2.45) is 5.92 Å². The van der Waals surface area contributed by atoms with Crippen LogP contribution in [0.4, 0.5) is 4.39 Å². The molecule has 0 spiro atoms. The van der Waals surface area contributed by atoms with Gasteiger partial charge in [-0.3, -0.25) is 4.79 Å². The highest BCUT2D eigenvalue weighted by Gasteiger charge is 2.34. The third-order valence-electron chi connectivity index (χ3n) is 3.78. The van der Waals surface area contributed by atoms with Crippen LogP contribution in [-0.2, 0) is 14.6 Å². The first kappa shape index (κ1) is 17.7. The molecule has 1 aliphatic heterocycles. The maximum atomic E-state index is 12.9. The molecule has 0 saturated carbocycles. The van der Waals surface area contributed by atoms with E-state index in [0.29, 0.717) is 13.0 Å². The normalized spacial score (nSPS) is 20.3. The summed E-state index contributed by atoms with van der Waals surface area (Å²) < 4.78 is 36.2. The average Bonchev–Trinajstić information content (AvgIpc) is 2.83. The van der Waals surface area contributed by atoms with Gasteiger partial charge in [-0.2, -0.15) is 0 Å². The van der Waals surface area contributed by atoms with Crippen molar-refractivity contribution in [3.8, 4) is 0 Å². The monoisotopic (exact) mass is 339 g/mol. The lowest BCUT2D eigenvalue weighted by atomic mass is 10.1. The number of halogens is 1. The molecule has 23 heavy (non-hydrogen) atoms. The maximum Gasteiger partial charge on any atom is 0.246 e. The SMILES string of the molecule is CC(C)CN(C(=O)C=Cc1ccc(F)cc1)C1CCS(=O)(=O)C1. The van der Waals surface area contributed by atoms with Crippen molar-refractivity contribution in [3.63, 3.8) is 0 Å². The Balaban J connectivity index is 2.12. The van der Waals surface area contributed by atoms with Crippen molar-refractivity contribution in [1.29, 1.82) is 0 Å². The highest BCUT2D eigenvalue weighted by atomic mass is 32.2. The van der Waals surface area contributed by atoms with Gasteiger partial charge < -0.3 is 4.90 Å². The number of hydrogen-bond acceptors (Lipinski definition) is 3. The number of carbonyl (C=O) groups is 1. The number of amides is 1. The first-order chi connectivity index (χ1) is 10.8. The lowest BCUT2D eigenvalue weighted by molar-refractivity contribution is -0.128. The summed E-state index contributed by atoms with van der Waals surface area (Å²) in [6.45, 7) is 4.51. The van der Waals surface area contributed by atoms with Gasteiger partial charge in [0.2, 0.25) is 5.91 Å². The molecule has 126 valence electrons. The molecule has 1 aromatic carbocycles. The van der Waals surface area contributed by atoms with Crippen LogP contribution in [0.15, 0.2) is 30.3 Å². The van der Waals surface area contributed by atoms with E-state index >= 15 is 0 Å². The fourth-order valence-electron chi connectivity index (χ4n) is 2.67. The van der Waals surface area contributed by atoms with E-state index in [9.17, 15) is 17.6 Å². The number of carbonyl (C=O) groups excluding carboxylic acids is 1. The minimum Gasteiger partial charge on any atom is -0.335 e. The highest BCUT2D eigenvalue weighted by molar-refractivity contribution is 7.91. The van der Waals surface area contributed by atoms with Gasteiger partial charge in [-0.15, -0.1) is 0 Å². The van der Waals surface area contributed by atoms with Crippen LogP contribution in [0.1, 0.15) is 25.8 Å². The highest BCUT2D eigenvalue weighted by Crippen LogP contribution is 2.20. The van der Waals surface area contributed by atoms with Crippen molar-refractivity contribution >= 4 is 21.8 Å². The summed E-state index contributed by atoms with van der Waals surface area (Å²) in [7, 11) is -3.04. The summed E-state index contributed by atoms with van der Waals surface area (Å²) in [5.74, 6) is -0.102. The van der Waals surface area contributed by atoms with E-state index in [1.54, 1.807) is 23.1 Å². The van der Waals surface area contributed by atoms with Gasteiger partial charge in [0, 0.05) is 18.7 Å². The summed E-state index contributed by atoms with van der Waals surface area (Å²) in [5, 5.41) is 0. The zero-order chi connectivity index (χ0) is 17.0. The molecule has 1 aliphatic rings. The smallest absolute Gasteiger partial charge is 0.246 e. The van der Waals surface area contributed by atoms with Gasteiger partial charge in [-0.05, 0) is 36.1 Å². The molecule has 0 radical (unpaired) electrons. The molecule has 4 nitrogen and oxygen atoms in total. The van der Waals surface area contributed by atoms with Crippen LogP contribution in [-0.4, -0.2) is 43.3 Å². The van der Waals surface area contributed by atoms with E-state index in [1.807, 2.05) is 13.8 Å². The predicted octanol–water partition coefficient (Wildman–Crippen LogP) is 2.51. The Kier molecular flexibility index (Phi) is 5.57. The van der Waals surface area contributed by atoms with Gasteiger partial charge in [0.1, 0.15) is 5.82 Å². The van der Waals surface area contributed by atoms with Gasteiger partial charge in [-0.25, -0.2) is 12.8 Å². The quantitative estimate of drug-likeness (QED) is 0.775. The first-order valence-corrected chi connectivity index (χ1v) is 9.53. The summed E-state index contributed by atoms with van der Waals surface area (Å²) in [6, 6.07) is 5.59. The third-order valence-corrected chi connectivity index (χ3v) is 5.53. The van der Waals surface area contributed by atoms with Crippen molar-refractivity contribution in [2.45, 2.75) is 26.3 Å². The van der Waals surface area contributed by atoms with Crippen molar-refractivity contribution in [2.75, 3.05) is 18.1 Å². The Morgan fingerprint density at radius 1 is 1.35 bits per heavy atom. The number of sulfone groups is 1. The number of rotatable bonds is 5. The third kappa shape index (κ3) is 5.16. The summed E-state index contributed by atoms with van der Waals surface area (Å²) in [5.41, 5.74) is 0.725. The van der Waals surface area contributed by atoms with Gasteiger partial charge >= 0.3 is 0 Å². The molecule has 0 bridgehead atoms. The van der Waals surface area contributed by atoms with Crippen LogP contribution in [0.5, 0.6) is 0 Å². The van der Waals surface area contributed by atoms with Crippen LogP contribution in [0.2, 0.25) is 0 Å². The van der Waals surface area contributed by atoms with Gasteiger partial charge in [0.25, 0.3) is 0 Å². The largest absolute Gasteiger partial charge is 0.335 e. The summed E-state index contributed by atoms with van der Waals surface area (Å²) >= 11 is 0. The standard InChI is InChI=1S/C17H22FNO3S/c1-13(2)11-19(16-9-10-23(21,22)12-16)17(20)8-5-14-3-6-15(18)7-4-14/h3-8,13,16H,9-12H2,1-2H3. The zero-order valence-electron chi connectivity index (χ0n) is 13.4.